The van der Waals surface area contributed by atoms with Gasteiger partial charge in [-0.1, -0.05) is 18.2 Å². The van der Waals surface area contributed by atoms with Gasteiger partial charge in [0.15, 0.2) is 0 Å². The first-order valence-corrected chi connectivity index (χ1v) is 12.2. The first kappa shape index (κ1) is 24.2. The van der Waals surface area contributed by atoms with Gasteiger partial charge in [0.2, 0.25) is 5.91 Å². The van der Waals surface area contributed by atoms with Crippen molar-refractivity contribution in [3.05, 3.63) is 64.3 Å². The predicted molar refractivity (Wildman–Crippen MR) is 131 cm³/mol. The quantitative estimate of drug-likeness (QED) is 0.495. The molecule has 2 amide bonds. The second-order valence-electron chi connectivity index (χ2n) is 8.33. The fourth-order valence-electron chi connectivity index (χ4n) is 4.34. The van der Waals surface area contributed by atoms with Gasteiger partial charge in [-0.2, -0.15) is 0 Å². The van der Waals surface area contributed by atoms with E-state index in [0.29, 0.717) is 61.3 Å². The summed E-state index contributed by atoms with van der Waals surface area (Å²) in [5.41, 5.74) is 1.69. The summed E-state index contributed by atoms with van der Waals surface area (Å²) >= 11 is 1.30. The highest BCUT2D eigenvalue weighted by Crippen LogP contribution is 2.34. The van der Waals surface area contributed by atoms with E-state index >= 15 is 0 Å². The minimum Gasteiger partial charge on any atom is -0.497 e. The molecule has 8 heteroatoms. The Bertz CT molecular complexity index is 1160. The molecule has 34 heavy (non-hydrogen) atoms. The van der Waals surface area contributed by atoms with Crippen molar-refractivity contribution >= 4 is 33.2 Å². The molecule has 0 radical (unpaired) electrons. The lowest BCUT2D eigenvalue weighted by Gasteiger charge is -2.22. The highest BCUT2D eigenvalue weighted by molar-refractivity contribution is 7.21. The Hall–Kier alpha value is -2.97. The summed E-state index contributed by atoms with van der Waals surface area (Å²) in [7, 11) is 3.17. The largest absolute Gasteiger partial charge is 0.497 e. The zero-order valence-electron chi connectivity index (χ0n) is 19.5. The van der Waals surface area contributed by atoms with Crippen molar-refractivity contribution in [1.29, 1.82) is 0 Å². The van der Waals surface area contributed by atoms with E-state index in [1.165, 1.54) is 17.4 Å². The van der Waals surface area contributed by atoms with Gasteiger partial charge in [-0.15, -0.1) is 11.3 Å². The summed E-state index contributed by atoms with van der Waals surface area (Å²) in [6.45, 7) is 2.30. The minimum absolute atomic E-state index is 0.0918. The van der Waals surface area contributed by atoms with E-state index in [-0.39, 0.29) is 24.2 Å². The Labute approximate surface area is 202 Å². The smallest absolute Gasteiger partial charge is 0.264 e. The lowest BCUT2D eigenvalue weighted by atomic mass is 10.1. The number of amides is 2. The number of halogens is 1. The number of hydrogen-bond donors (Lipinski definition) is 0. The summed E-state index contributed by atoms with van der Waals surface area (Å²) in [4.78, 5) is 30.4. The van der Waals surface area contributed by atoms with E-state index in [9.17, 15) is 14.0 Å². The molecule has 0 unspecified atom stereocenters. The molecule has 180 valence electrons. The van der Waals surface area contributed by atoms with Gasteiger partial charge in [0.1, 0.15) is 11.6 Å². The maximum atomic E-state index is 14.5. The van der Waals surface area contributed by atoms with Crippen LogP contribution in [0, 0.1) is 5.82 Å². The van der Waals surface area contributed by atoms with E-state index in [1.54, 1.807) is 25.2 Å². The monoisotopic (exact) mass is 484 g/mol. The normalized spacial score (nSPS) is 14.3. The number of carbonyl (C=O) groups is 2. The van der Waals surface area contributed by atoms with Crippen molar-refractivity contribution in [1.82, 2.24) is 9.80 Å². The van der Waals surface area contributed by atoms with Crippen LogP contribution in [0.25, 0.3) is 10.1 Å². The molecule has 3 aromatic rings. The molecule has 2 heterocycles. The third-order valence-electron chi connectivity index (χ3n) is 6.17. The van der Waals surface area contributed by atoms with Gasteiger partial charge in [-0.05, 0) is 42.7 Å². The fraction of sp³-hybridized carbons (Fsp3) is 0.385. The second kappa shape index (κ2) is 11.0. The number of nitrogens with zero attached hydrogens (tertiary/aromatic N) is 2. The molecule has 0 spiro atoms. The van der Waals surface area contributed by atoms with Crippen LogP contribution in [-0.2, 0) is 22.6 Å². The van der Waals surface area contributed by atoms with Crippen LogP contribution in [0.15, 0.2) is 42.5 Å². The fourth-order valence-corrected chi connectivity index (χ4v) is 5.53. The summed E-state index contributed by atoms with van der Waals surface area (Å²) in [5, 5.41) is 0.461. The maximum absolute atomic E-state index is 14.5. The van der Waals surface area contributed by atoms with Gasteiger partial charge in [-0.25, -0.2) is 4.39 Å². The van der Waals surface area contributed by atoms with Crippen LogP contribution in [0.1, 0.15) is 33.6 Å². The Kier molecular flexibility index (Phi) is 7.80. The molecule has 0 aliphatic carbocycles. The van der Waals surface area contributed by atoms with Crippen molar-refractivity contribution in [2.24, 2.45) is 0 Å². The molecule has 0 N–H and O–H groups in total. The Morgan fingerprint density at radius 1 is 1.00 bits per heavy atom. The highest BCUT2D eigenvalue weighted by Gasteiger charge is 2.27. The van der Waals surface area contributed by atoms with Gasteiger partial charge < -0.3 is 19.3 Å². The number of thiophene rings is 1. The van der Waals surface area contributed by atoms with Gasteiger partial charge in [0.25, 0.3) is 5.91 Å². The summed E-state index contributed by atoms with van der Waals surface area (Å²) < 4.78 is 25.7. The lowest BCUT2D eigenvalue weighted by Crippen LogP contribution is -2.37. The number of aryl methyl sites for hydroxylation is 1. The van der Waals surface area contributed by atoms with E-state index < -0.39 is 0 Å². The van der Waals surface area contributed by atoms with Crippen LogP contribution in [0.5, 0.6) is 5.75 Å². The zero-order chi connectivity index (χ0) is 24.1. The van der Waals surface area contributed by atoms with Crippen LogP contribution in [0.3, 0.4) is 0 Å². The second-order valence-corrected chi connectivity index (χ2v) is 9.38. The van der Waals surface area contributed by atoms with Gasteiger partial charge in [0.05, 0.1) is 18.6 Å². The standard InChI is InChI=1S/C26H29FN2O4S/c1-32-17-20-24-21(27)5-3-6-22(24)34-25(20)26(31)29-14-4-13-28(15-16-29)23(30)12-9-18-7-10-19(33-2)11-8-18/h3,5-8,10-11H,4,9,12-17H2,1-2H3. The third kappa shape index (κ3) is 5.23. The molecule has 1 fully saturated rings. The first-order valence-electron chi connectivity index (χ1n) is 11.4. The Balaban J connectivity index is 1.41. The molecular weight excluding hydrogens is 455 g/mol. The molecule has 0 bridgehead atoms. The zero-order valence-corrected chi connectivity index (χ0v) is 20.3. The van der Waals surface area contributed by atoms with E-state index in [1.807, 2.05) is 35.2 Å². The number of ether oxygens (including phenoxy) is 2. The van der Waals surface area contributed by atoms with Crippen molar-refractivity contribution in [3.63, 3.8) is 0 Å². The highest BCUT2D eigenvalue weighted by atomic mass is 32.1. The van der Waals surface area contributed by atoms with Crippen LogP contribution >= 0.6 is 11.3 Å². The van der Waals surface area contributed by atoms with Crippen molar-refractivity contribution in [3.8, 4) is 5.75 Å². The number of fused-ring (bicyclic) bond motifs is 1. The number of methoxy groups -OCH3 is 2. The summed E-state index contributed by atoms with van der Waals surface area (Å²) in [6, 6.07) is 12.6. The molecule has 2 aromatic carbocycles. The van der Waals surface area contributed by atoms with E-state index in [2.05, 4.69) is 0 Å². The predicted octanol–water partition coefficient (Wildman–Crippen LogP) is 4.50. The Morgan fingerprint density at radius 2 is 1.74 bits per heavy atom. The molecule has 1 aliphatic heterocycles. The molecule has 1 aromatic heterocycles. The van der Waals surface area contributed by atoms with Crippen LogP contribution < -0.4 is 4.74 Å². The van der Waals surface area contributed by atoms with Crippen LogP contribution in [0.4, 0.5) is 4.39 Å². The van der Waals surface area contributed by atoms with Crippen molar-refractivity contribution in [2.45, 2.75) is 25.9 Å². The molecule has 4 rings (SSSR count). The molecule has 6 nitrogen and oxygen atoms in total. The van der Waals surface area contributed by atoms with Crippen LogP contribution in [0.2, 0.25) is 0 Å². The average Bonchev–Trinajstić information content (AvgIpc) is 3.05. The molecule has 1 saturated heterocycles. The average molecular weight is 485 g/mol. The number of hydrogen-bond acceptors (Lipinski definition) is 5. The molecule has 0 saturated carbocycles. The topological polar surface area (TPSA) is 59.1 Å². The summed E-state index contributed by atoms with van der Waals surface area (Å²) in [5.74, 6) is 0.418. The number of benzene rings is 2. The van der Waals surface area contributed by atoms with Gasteiger partial charge >= 0.3 is 0 Å². The minimum atomic E-state index is -0.343. The first-order chi connectivity index (χ1) is 16.5. The van der Waals surface area contributed by atoms with E-state index in [0.717, 1.165) is 16.0 Å². The van der Waals surface area contributed by atoms with Gasteiger partial charge in [-0.3, -0.25) is 9.59 Å². The van der Waals surface area contributed by atoms with E-state index in [4.69, 9.17) is 9.47 Å². The SMILES string of the molecule is COCc1c(C(=O)N2CCCN(C(=O)CCc3ccc(OC)cc3)CC2)sc2cccc(F)c12. The summed E-state index contributed by atoms with van der Waals surface area (Å²) in [6.07, 6.45) is 1.79. The maximum Gasteiger partial charge on any atom is 0.264 e. The van der Waals surface area contributed by atoms with Crippen LogP contribution in [-0.4, -0.2) is 62.0 Å². The Morgan fingerprint density at radius 3 is 2.47 bits per heavy atom. The number of rotatable bonds is 7. The lowest BCUT2D eigenvalue weighted by molar-refractivity contribution is -0.131. The van der Waals surface area contributed by atoms with Crippen molar-refractivity contribution in [2.75, 3.05) is 40.4 Å². The molecule has 0 atom stereocenters. The molecular formula is C26H29FN2O4S. The number of carbonyl (C=O) groups excluding carboxylic acids is 2. The van der Waals surface area contributed by atoms with Crippen molar-refractivity contribution < 1.29 is 23.5 Å². The third-order valence-corrected chi connectivity index (χ3v) is 7.35. The van der Waals surface area contributed by atoms with Gasteiger partial charge in [0, 0.05) is 55.4 Å². The molecule has 1 aliphatic rings.